The molecule has 0 aliphatic heterocycles. The number of carbonyl (C=O) groups is 1. The third-order valence-electron chi connectivity index (χ3n) is 3.66. The van der Waals surface area contributed by atoms with Gasteiger partial charge in [0.15, 0.2) is 0 Å². The Kier molecular flexibility index (Phi) is 4.81. The van der Waals surface area contributed by atoms with E-state index >= 15 is 0 Å². The van der Waals surface area contributed by atoms with E-state index in [1.54, 1.807) is 14.0 Å². The van der Waals surface area contributed by atoms with Gasteiger partial charge in [-0.25, -0.2) is 0 Å². The molecule has 2 aromatic carbocycles. The predicted molar refractivity (Wildman–Crippen MR) is 81.3 cm³/mol. The van der Waals surface area contributed by atoms with Crippen LogP contribution in [-0.2, 0) is 9.53 Å². The van der Waals surface area contributed by atoms with E-state index in [-0.39, 0.29) is 18.3 Å². The van der Waals surface area contributed by atoms with Crippen molar-refractivity contribution in [1.82, 2.24) is 0 Å². The van der Waals surface area contributed by atoms with E-state index in [9.17, 15) is 9.90 Å². The SMILES string of the molecule is COC(=O)C(C)CC(O)c1c(OC)ccc2ccccc12. The molecule has 2 rings (SSSR count). The number of hydrogen-bond donors (Lipinski definition) is 1. The lowest BCUT2D eigenvalue weighted by molar-refractivity contribution is -0.145. The second-order valence-corrected chi connectivity index (χ2v) is 5.08. The van der Waals surface area contributed by atoms with Crippen molar-refractivity contribution in [1.29, 1.82) is 0 Å². The van der Waals surface area contributed by atoms with Crippen molar-refractivity contribution in [3.63, 3.8) is 0 Å². The van der Waals surface area contributed by atoms with E-state index in [1.807, 2.05) is 36.4 Å². The average Bonchev–Trinajstić information content (AvgIpc) is 2.52. The van der Waals surface area contributed by atoms with E-state index in [2.05, 4.69) is 0 Å². The van der Waals surface area contributed by atoms with Gasteiger partial charge < -0.3 is 14.6 Å². The van der Waals surface area contributed by atoms with Crippen LogP contribution >= 0.6 is 0 Å². The lowest BCUT2D eigenvalue weighted by Gasteiger charge is -2.19. The number of ether oxygens (including phenoxy) is 2. The summed E-state index contributed by atoms with van der Waals surface area (Å²) in [5.41, 5.74) is 0.714. The van der Waals surface area contributed by atoms with Gasteiger partial charge in [0.25, 0.3) is 0 Å². The summed E-state index contributed by atoms with van der Waals surface area (Å²) in [6.45, 7) is 1.74. The first-order valence-corrected chi connectivity index (χ1v) is 6.90. The number of hydrogen-bond acceptors (Lipinski definition) is 4. The van der Waals surface area contributed by atoms with Gasteiger partial charge in [-0.15, -0.1) is 0 Å². The highest BCUT2D eigenvalue weighted by Crippen LogP contribution is 2.35. The van der Waals surface area contributed by atoms with Gasteiger partial charge >= 0.3 is 5.97 Å². The number of fused-ring (bicyclic) bond motifs is 1. The van der Waals surface area contributed by atoms with Crippen LogP contribution in [0.25, 0.3) is 10.8 Å². The molecule has 0 saturated heterocycles. The zero-order chi connectivity index (χ0) is 15.4. The Labute approximate surface area is 124 Å². The molecule has 4 heteroatoms. The molecule has 1 N–H and O–H groups in total. The summed E-state index contributed by atoms with van der Waals surface area (Å²) < 4.78 is 10.1. The van der Waals surface area contributed by atoms with Crippen molar-refractivity contribution >= 4 is 16.7 Å². The minimum absolute atomic E-state index is 0.289. The molecule has 0 aliphatic carbocycles. The second-order valence-electron chi connectivity index (χ2n) is 5.08. The molecular formula is C17H20O4. The number of aliphatic hydroxyl groups is 1. The number of benzene rings is 2. The van der Waals surface area contributed by atoms with Crippen LogP contribution in [0.1, 0.15) is 25.0 Å². The second kappa shape index (κ2) is 6.59. The first-order valence-electron chi connectivity index (χ1n) is 6.90. The molecule has 0 aromatic heterocycles. The van der Waals surface area contributed by atoms with Crippen molar-refractivity contribution in [2.24, 2.45) is 5.92 Å². The monoisotopic (exact) mass is 288 g/mol. The molecule has 0 spiro atoms. The Balaban J connectivity index is 2.41. The number of methoxy groups -OCH3 is 2. The molecule has 4 nitrogen and oxygen atoms in total. The largest absolute Gasteiger partial charge is 0.496 e. The summed E-state index contributed by atoms with van der Waals surface area (Å²) in [6.07, 6.45) is -0.503. The quantitative estimate of drug-likeness (QED) is 0.859. The van der Waals surface area contributed by atoms with Crippen LogP contribution in [0.15, 0.2) is 36.4 Å². The molecule has 112 valence electrons. The van der Waals surface area contributed by atoms with E-state index < -0.39 is 6.10 Å². The van der Waals surface area contributed by atoms with Gasteiger partial charge in [0.2, 0.25) is 0 Å². The van der Waals surface area contributed by atoms with Crippen LogP contribution in [0, 0.1) is 5.92 Å². The van der Waals surface area contributed by atoms with Crippen molar-refractivity contribution in [2.45, 2.75) is 19.4 Å². The van der Waals surface area contributed by atoms with E-state index in [4.69, 9.17) is 9.47 Å². The normalized spacial score (nSPS) is 13.7. The van der Waals surface area contributed by atoms with Gasteiger partial charge in [-0.05, 0) is 23.3 Å². The van der Waals surface area contributed by atoms with Gasteiger partial charge in [-0.3, -0.25) is 4.79 Å². The molecule has 0 heterocycles. The Morgan fingerprint density at radius 3 is 2.57 bits per heavy atom. The lowest BCUT2D eigenvalue weighted by Crippen LogP contribution is -2.16. The maximum atomic E-state index is 11.5. The van der Waals surface area contributed by atoms with Crippen molar-refractivity contribution in [2.75, 3.05) is 14.2 Å². The molecule has 21 heavy (non-hydrogen) atoms. The molecule has 0 radical (unpaired) electrons. The smallest absolute Gasteiger partial charge is 0.308 e. The van der Waals surface area contributed by atoms with Crippen molar-refractivity contribution in [3.05, 3.63) is 42.0 Å². The standard InChI is InChI=1S/C17H20O4/c1-11(17(19)21-3)10-14(18)16-13-7-5-4-6-12(13)8-9-15(16)20-2/h4-9,11,14,18H,10H2,1-3H3. The van der Waals surface area contributed by atoms with Gasteiger partial charge in [0.05, 0.1) is 26.2 Å². The van der Waals surface area contributed by atoms with Gasteiger partial charge in [0, 0.05) is 5.56 Å². The Morgan fingerprint density at radius 2 is 1.90 bits per heavy atom. The van der Waals surface area contributed by atoms with Crippen LogP contribution in [-0.4, -0.2) is 25.3 Å². The molecule has 0 aliphatic rings. The minimum atomic E-state index is -0.792. The Morgan fingerprint density at radius 1 is 1.19 bits per heavy atom. The number of rotatable bonds is 5. The zero-order valence-corrected chi connectivity index (χ0v) is 12.5. The molecule has 2 atom stereocenters. The highest BCUT2D eigenvalue weighted by Gasteiger charge is 2.23. The average molecular weight is 288 g/mol. The van der Waals surface area contributed by atoms with Crippen LogP contribution in [0.3, 0.4) is 0 Å². The third kappa shape index (κ3) is 3.16. The maximum absolute atomic E-state index is 11.5. The van der Waals surface area contributed by atoms with Crippen LogP contribution in [0.4, 0.5) is 0 Å². The number of esters is 1. The van der Waals surface area contributed by atoms with E-state index in [0.717, 1.165) is 10.8 Å². The summed E-state index contributed by atoms with van der Waals surface area (Å²) >= 11 is 0. The molecule has 0 saturated carbocycles. The van der Waals surface area contributed by atoms with Crippen molar-refractivity contribution in [3.8, 4) is 5.75 Å². The van der Waals surface area contributed by atoms with E-state index in [1.165, 1.54) is 7.11 Å². The predicted octanol–water partition coefficient (Wildman–Crippen LogP) is 3.08. The van der Waals surface area contributed by atoms with Crippen LogP contribution in [0.5, 0.6) is 5.75 Å². The zero-order valence-electron chi connectivity index (χ0n) is 12.5. The Hall–Kier alpha value is -2.07. The number of carbonyl (C=O) groups excluding carboxylic acids is 1. The summed E-state index contributed by atoms with van der Waals surface area (Å²) in [4.78, 5) is 11.5. The topological polar surface area (TPSA) is 55.8 Å². The van der Waals surface area contributed by atoms with Crippen molar-refractivity contribution < 1.29 is 19.4 Å². The fourth-order valence-corrected chi connectivity index (χ4v) is 2.55. The highest BCUT2D eigenvalue weighted by molar-refractivity contribution is 5.88. The fourth-order valence-electron chi connectivity index (χ4n) is 2.55. The first kappa shape index (κ1) is 15.3. The summed E-state index contributed by atoms with van der Waals surface area (Å²) in [7, 11) is 2.92. The molecule has 2 aromatic rings. The van der Waals surface area contributed by atoms with E-state index in [0.29, 0.717) is 11.3 Å². The third-order valence-corrected chi connectivity index (χ3v) is 3.66. The lowest BCUT2D eigenvalue weighted by atomic mass is 9.93. The highest BCUT2D eigenvalue weighted by atomic mass is 16.5. The van der Waals surface area contributed by atoms with Crippen LogP contribution in [0.2, 0.25) is 0 Å². The van der Waals surface area contributed by atoms with Gasteiger partial charge in [-0.1, -0.05) is 37.3 Å². The molecule has 2 unspecified atom stereocenters. The number of aliphatic hydroxyl groups excluding tert-OH is 1. The van der Waals surface area contributed by atoms with Gasteiger partial charge in [0.1, 0.15) is 5.75 Å². The molecule has 0 amide bonds. The summed E-state index contributed by atoms with van der Waals surface area (Å²) in [6, 6.07) is 11.6. The van der Waals surface area contributed by atoms with Gasteiger partial charge in [-0.2, -0.15) is 0 Å². The Bertz CT molecular complexity index is 636. The molecular weight excluding hydrogens is 268 g/mol. The fraction of sp³-hybridized carbons (Fsp3) is 0.353. The first-order chi connectivity index (χ1) is 10.1. The maximum Gasteiger partial charge on any atom is 0.308 e. The van der Waals surface area contributed by atoms with Crippen LogP contribution < -0.4 is 4.74 Å². The molecule has 0 bridgehead atoms. The molecule has 0 fully saturated rings. The minimum Gasteiger partial charge on any atom is -0.496 e. The summed E-state index contributed by atoms with van der Waals surface area (Å²) in [5.74, 6) is -0.0832. The summed E-state index contributed by atoms with van der Waals surface area (Å²) in [5, 5.41) is 12.5.